The molecule has 1 N–H and O–H groups in total. The van der Waals surface area contributed by atoms with Crippen molar-refractivity contribution in [1.82, 2.24) is 10.2 Å². The number of amides is 2. The van der Waals surface area contributed by atoms with Crippen LogP contribution in [0.1, 0.15) is 18.9 Å². The molecule has 0 unspecified atom stereocenters. The van der Waals surface area contributed by atoms with E-state index < -0.39 is 34.4 Å². The van der Waals surface area contributed by atoms with E-state index in [0.29, 0.717) is 15.6 Å². The van der Waals surface area contributed by atoms with Crippen molar-refractivity contribution in [3.8, 4) is 0 Å². The molecule has 0 aliphatic carbocycles. The van der Waals surface area contributed by atoms with Crippen molar-refractivity contribution in [3.05, 3.63) is 93.4 Å². The highest BCUT2D eigenvalue weighted by molar-refractivity contribution is 7.92. The normalized spacial score (nSPS) is 12.0. The zero-order valence-electron chi connectivity index (χ0n) is 20.2. The second kappa shape index (κ2) is 12.6. The van der Waals surface area contributed by atoms with E-state index in [-0.39, 0.29) is 28.6 Å². The van der Waals surface area contributed by atoms with Gasteiger partial charge in [-0.3, -0.25) is 13.9 Å². The Bertz CT molecular complexity index is 1350. The Morgan fingerprint density at radius 2 is 1.43 bits per heavy atom. The van der Waals surface area contributed by atoms with Crippen molar-refractivity contribution in [3.63, 3.8) is 0 Å². The van der Waals surface area contributed by atoms with Crippen LogP contribution in [0.25, 0.3) is 0 Å². The summed E-state index contributed by atoms with van der Waals surface area (Å²) in [6.07, 6.45) is 0.269. The third-order valence-electron chi connectivity index (χ3n) is 5.75. The SMILES string of the molecule is CC[C@H](C(=O)NC)N(Cc1c(Cl)cccc1Cl)C(=O)CN(c1ccccc1Cl)S(=O)(=O)c1ccccc1. The number of nitrogens with one attached hydrogen (secondary N) is 1. The molecule has 3 aromatic rings. The molecule has 0 fully saturated rings. The van der Waals surface area contributed by atoms with Gasteiger partial charge in [0, 0.05) is 29.2 Å². The largest absolute Gasteiger partial charge is 0.357 e. The summed E-state index contributed by atoms with van der Waals surface area (Å²) in [7, 11) is -2.74. The lowest BCUT2D eigenvalue weighted by atomic mass is 10.1. The van der Waals surface area contributed by atoms with Crippen LogP contribution in [0.2, 0.25) is 15.1 Å². The molecule has 11 heteroatoms. The summed E-state index contributed by atoms with van der Waals surface area (Å²) in [6, 6.07) is 18.1. The number of hydrogen-bond donors (Lipinski definition) is 1. The molecule has 0 spiro atoms. The van der Waals surface area contributed by atoms with Gasteiger partial charge >= 0.3 is 0 Å². The Balaban J connectivity index is 2.10. The first-order valence-electron chi connectivity index (χ1n) is 11.4. The Morgan fingerprint density at radius 1 is 0.865 bits per heavy atom. The van der Waals surface area contributed by atoms with Crippen LogP contribution < -0.4 is 9.62 Å². The van der Waals surface area contributed by atoms with Gasteiger partial charge in [0.2, 0.25) is 11.8 Å². The summed E-state index contributed by atoms with van der Waals surface area (Å²) in [5.74, 6) is -1.04. The van der Waals surface area contributed by atoms with Crippen LogP contribution in [-0.2, 0) is 26.2 Å². The van der Waals surface area contributed by atoms with E-state index in [0.717, 1.165) is 4.31 Å². The maximum atomic E-state index is 13.9. The number of para-hydroxylation sites is 1. The van der Waals surface area contributed by atoms with E-state index in [2.05, 4.69) is 5.32 Å². The van der Waals surface area contributed by atoms with Crippen LogP contribution in [0.3, 0.4) is 0 Å². The lowest BCUT2D eigenvalue weighted by Gasteiger charge is -2.33. The van der Waals surface area contributed by atoms with E-state index in [1.54, 1.807) is 55.5 Å². The first-order valence-corrected chi connectivity index (χ1v) is 14.0. The molecule has 0 heterocycles. The standard InChI is InChI=1S/C26H26Cl3N3O4S/c1-3-23(26(34)30-2)31(16-19-20(27)13-9-14-21(19)28)25(33)17-32(24-15-8-7-12-22(24)29)37(35,36)18-10-5-4-6-11-18/h4-15,23H,3,16-17H2,1-2H3,(H,30,34)/t23-/m1/s1. The maximum absolute atomic E-state index is 13.9. The highest BCUT2D eigenvalue weighted by atomic mass is 35.5. The van der Waals surface area contributed by atoms with E-state index in [1.165, 1.54) is 36.2 Å². The van der Waals surface area contributed by atoms with Crippen LogP contribution in [0.15, 0.2) is 77.7 Å². The number of benzene rings is 3. The minimum absolute atomic E-state index is 0.0123. The Labute approximate surface area is 232 Å². The number of carbonyl (C=O) groups is 2. The van der Waals surface area contributed by atoms with Crippen molar-refractivity contribution in [2.24, 2.45) is 0 Å². The van der Waals surface area contributed by atoms with Gasteiger partial charge in [-0.2, -0.15) is 0 Å². The van der Waals surface area contributed by atoms with Crippen molar-refractivity contribution >= 4 is 62.3 Å². The fourth-order valence-corrected chi connectivity index (χ4v) is 6.09. The van der Waals surface area contributed by atoms with Crippen LogP contribution in [0.4, 0.5) is 5.69 Å². The molecule has 0 saturated carbocycles. The third-order valence-corrected chi connectivity index (χ3v) is 8.56. The number of nitrogens with zero attached hydrogens (tertiary/aromatic N) is 2. The van der Waals surface area contributed by atoms with Crippen molar-refractivity contribution in [1.29, 1.82) is 0 Å². The van der Waals surface area contributed by atoms with Crippen LogP contribution in [0.5, 0.6) is 0 Å². The zero-order chi connectivity index (χ0) is 27.2. The first-order chi connectivity index (χ1) is 17.6. The second-order valence-corrected chi connectivity index (χ2v) is 11.1. The molecule has 7 nitrogen and oxygen atoms in total. The Kier molecular flexibility index (Phi) is 9.84. The van der Waals surface area contributed by atoms with Gasteiger partial charge in [-0.25, -0.2) is 8.42 Å². The van der Waals surface area contributed by atoms with Gasteiger partial charge in [-0.05, 0) is 42.8 Å². The monoisotopic (exact) mass is 581 g/mol. The number of hydrogen-bond acceptors (Lipinski definition) is 4. The van der Waals surface area contributed by atoms with Gasteiger partial charge in [0.25, 0.3) is 10.0 Å². The maximum Gasteiger partial charge on any atom is 0.264 e. The summed E-state index contributed by atoms with van der Waals surface area (Å²) in [6.45, 7) is 1.03. The van der Waals surface area contributed by atoms with Gasteiger partial charge in [-0.1, -0.05) is 78.1 Å². The van der Waals surface area contributed by atoms with E-state index >= 15 is 0 Å². The smallest absolute Gasteiger partial charge is 0.264 e. The molecule has 0 radical (unpaired) electrons. The lowest BCUT2D eigenvalue weighted by Crippen LogP contribution is -2.51. The zero-order valence-corrected chi connectivity index (χ0v) is 23.3. The van der Waals surface area contributed by atoms with Crippen molar-refractivity contribution < 1.29 is 18.0 Å². The molecule has 0 bridgehead atoms. The van der Waals surface area contributed by atoms with Crippen LogP contribution >= 0.6 is 34.8 Å². The highest BCUT2D eigenvalue weighted by Gasteiger charge is 2.34. The number of sulfonamides is 1. The van der Waals surface area contributed by atoms with E-state index in [4.69, 9.17) is 34.8 Å². The molecule has 3 rings (SSSR count). The molecule has 0 aliphatic rings. The molecule has 0 aromatic heterocycles. The molecule has 0 saturated heterocycles. The summed E-state index contributed by atoms with van der Waals surface area (Å²) in [4.78, 5) is 27.9. The molecule has 37 heavy (non-hydrogen) atoms. The molecule has 0 aliphatic heterocycles. The average Bonchev–Trinajstić information content (AvgIpc) is 2.89. The predicted octanol–water partition coefficient (Wildman–Crippen LogP) is 5.40. The molecule has 2 amide bonds. The van der Waals surface area contributed by atoms with E-state index in [9.17, 15) is 18.0 Å². The Hall–Kier alpha value is -2.78. The molecular formula is C26H26Cl3N3O4S. The number of carbonyl (C=O) groups excluding carboxylic acids is 2. The minimum atomic E-state index is -4.20. The minimum Gasteiger partial charge on any atom is -0.357 e. The summed E-state index contributed by atoms with van der Waals surface area (Å²) >= 11 is 19.1. The molecule has 3 aromatic carbocycles. The van der Waals surface area contributed by atoms with Gasteiger partial charge in [0.15, 0.2) is 0 Å². The third kappa shape index (κ3) is 6.57. The summed E-state index contributed by atoms with van der Waals surface area (Å²) in [5.41, 5.74) is 0.571. The lowest BCUT2D eigenvalue weighted by molar-refractivity contribution is -0.140. The number of halogens is 3. The first kappa shape index (κ1) is 28.8. The summed E-state index contributed by atoms with van der Waals surface area (Å²) < 4.78 is 28.4. The molecular weight excluding hydrogens is 557 g/mol. The van der Waals surface area contributed by atoms with Crippen molar-refractivity contribution in [2.75, 3.05) is 17.9 Å². The second-order valence-electron chi connectivity index (χ2n) is 8.04. The van der Waals surface area contributed by atoms with Crippen LogP contribution in [-0.4, -0.2) is 44.8 Å². The average molecular weight is 583 g/mol. The van der Waals surface area contributed by atoms with Gasteiger partial charge < -0.3 is 10.2 Å². The fraction of sp³-hybridized carbons (Fsp3) is 0.231. The predicted molar refractivity (Wildman–Crippen MR) is 148 cm³/mol. The Morgan fingerprint density at radius 3 is 2.00 bits per heavy atom. The number of rotatable bonds is 10. The van der Waals surface area contributed by atoms with Crippen LogP contribution in [0, 0.1) is 0 Å². The van der Waals surface area contributed by atoms with Crippen molar-refractivity contribution in [2.45, 2.75) is 30.8 Å². The number of anilines is 1. The quantitative estimate of drug-likeness (QED) is 0.347. The van der Waals surface area contributed by atoms with E-state index in [1.807, 2.05) is 0 Å². The number of likely N-dealkylation sites (N-methyl/N-ethyl adjacent to an activating group) is 1. The van der Waals surface area contributed by atoms with Gasteiger partial charge in [0.1, 0.15) is 12.6 Å². The summed E-state index contributed by atoms with van der Waals surface area (Å²) in [5, 5.41) is 3.35. The van der Waals surface area contributed by atoms with Gasteiger partial charge in [0.05, 0.1) is 15.6 Å². The molecule has 1 atom stereocenters. The fourth-order valence-electron chi connectivity index (χ4n) is 3.83. The topological polar surface area (TPSA) is 86.8 Å². The van der Waals surface area contributed by atoms with Gasteiger partial charge in [-0.15, -0.1) is 0 Å². The highest BCUT2D eigenvalue weighted by Crippen LogP contribution is 2.31. The molecule has 196 valence electrons.